The van der Waals surface area contributed by atoms with Gasteiger partial charge in [-0.2, -0.15) is 0 Å². The SMILES string of the molecule is COc1ccc(N(CC(=O)N(Cc2c(Cl)cccc2Cl)[C@@H](C)C(=O)NC2CCCCC2)S(=O)(=O)c2ccc(C)cc2)cc1Cl. The van der Waals surface area contributed by atoms with Crippen LogP contribution in [0.25, 0.3) is 0 Å². The van der Waals surface area contributed by atoms with Crippen molar-refractivity contribution in [2.24, 2.45) is 0 Å². The maximum atomic E-state index is 14.2. The summed E-state index contributed by atoms with van der Waals surface area (Å²) in [6.45, 7) is 2.72. The smallest absolute Gasteiger partial charge is 0.264 e. The van der Waals surface area contributed by atoms with E-state index in [1.165, 1.54) is 42.3 Å². The molecule has 0 spiro atoms. The van der Waals surface area contributed by atoms with E-state index >= 15 is 0 Å². The number of carbonyl (C=O) groups excluding carboxylic acids is 2. The summed E-state index contributed by atoms with van der Waals surface area (Å²) in [4.78, 5) is 29.0. The summed E-state index contributed by atoms with van der Waals surface area (Å²) >= 11 is 19.3. The quantitative estimate of drug-likeness (QED) is 0.235. The molecular weight excluding hydrogens is 645 g/mol. The summed E-state index contributed by atoms with van der Waals surface area (Å²) in [6, 6.07) is 14.8. The first kappa shape index (κ1) is 33.9. The average molecular weight is 681 g/mol. The fourth-order valence-electron chi connectivity index (χ4n) is 5.18. The number of nitrogens with one attached hydrogen (secondary N) is 1. The first-order chi connectivity index (χ1) is 20.9. The molecule has 2 amide bonds. The van der Waals surface area contributed by atoms with Gasteiger partial charge in [0.05, 0.1) is 22.7 Å². The number of amides is 2. The van der Waals surface area contributed by atoms with Crippen LogP contribution < -0.4 is 14.4 Å². The number of methoxy groups -OCH3 is 1. The zero-order valence-corrected chi connectivity index (χ0v) is 27.9. The Kier molecular flexibility index (Phi) is 11.5. The summed E-state index contributed by atoms with van der Waals surface area (Å²) in [5.74, 6) is -0.624. The molecule has 12 heteroatoms. The molecule has 1 aliphatic rings. The van der Waals surface area contributed by atoms with Crippen molar-refractivity contribution >= 4 is 62.3 Å². The molecule has 4 rings (SSSR count). The van der Waals surface area contributed by atoms with E-state index in [9.17, 15) is 18.0 Å². The Balaban J connectivity index is 1.73. The van der Waals surface area contributed by atoms with Crippen LogP contribution in [-0.2, 0) is 26.2 Å². The number of halogens is 3. The van der Waals surface area contributed by atoms with E-state index in [2.05, 4.69) is 5.32 Å². The van der Waals surface area contributed by atoms with E-state index < -0.39 is 28.5 Å². The monoisotopic (exact) mass is 679 g/mol. The molecule has 0 bridgehead atoms. The van der Waals surface area contributed by atoms with Gasteiger partial charge in [0.25, 0.3) is 10.0 Å². The topological polar surface area (TPSA) is 96.0 Å². The molecule has 8 nitrogen and oxygen atoms in total. The van der Waals surface area contributed by atoms with Crippen LogP contribution in [0.3, 0.4) is 0 Å². The van der Waals surface area contributed by atoms with Crippen molar-refractivity contribution in [1.82, 2.24) is 10.2 Å². The van der Waals surface area contributed by atoms with Crippen molar-refractivity contribution < 1.29 is 22.7 Å². The van der Waals surface area contributed by atoms with Crippen LogP contribution in [0.15, 0.2) is 65.6 Å². The Hall–Kier alpha value is -2.98. The molecule has 0 unspecified atom stereocenters. The van der Waals surface area contributed by atoms with Crippen LogP contribution in [-0.4, -0.2) is 50.9 Å². The van der Waals surface area contributed by atoms with Gasteiger partial charge in [-0.25, -0.2) is 8.42 Å². The summed E-state index contributed by atoms with van der Waals surface area (Å²) in [7, 11) is -2.81. The maximum Gasteiger partial charge on any atom is 0.264 e. The fourth-order valence-corrected chi connectivity index (χ4v) is 7.36. The molecule has 1 aliphatic carbocycles. The Labute approximate surface area is 274 Å². The molecule has 0 aliphatic heterocycles. The lowest BCUT2D eigenvalue weighted by atomic mass is 9.95. The lowest BCUT2D eigenvalue weighted by Gasteiger charge is -2.33. The van der Waals surface area contributed by atoms with E-state index in [1.807, 2.05) is 6.92 Å². The summed E-state index contributed by atoms with van der Waals surface area (Å²) in [6.07, 6.45) is 4.90. The highest BCUT2D eigenvalue weighted by atomic mass is 35.5. The van der Waals surface area contributed by atoms with Gasteiger partial charge >= 0.3 is 0 Å². The van der Waals surface area contributed by atoms with Crippen LogP contribution in [0.4, 0.5) is 5.69 Å². The molecule has 236 valence electrons. The molecular formula is C32H36Cl3N3O5S. The minimum Gasteiger partial charge on any atom is -0.495 e. The number of nitrogens with zero attached hydrogens (tertiary/aromatic N) is 2. The number of hydrogen-bond donors (Lipinski definition) is 1. The molecule has 44 heavy (non-hydrogen) atoms. The minimum absolute atomic E-state index is 0.00775. The fraction of sp³-hybridized carbons (Fsp3) is 0.375. The Bertz CT molecular complexity index is 1570. The standard InChI is InChI=1S/C32H36Cl3N3O5S/c1-21-12-15-25(16-13-21)44(41,42)38(24-14-17-30(43-3)29(35)18-24)20-31(39)37(19-26-27(33)10-7-11-28(26)34)22(2)32(40)36-23-8-5-4-6-9-23/h7,10-18,22-23H,4-6,8-9,19-20H2,1-3H3,(H,36,40)/t22-/m0/s1. The van der Waals surface area contributed by atoms with Gasteiger partial charge in [0.1, 0.15) is 18.3 Å². The lowest BCUT2D eigenvalue weighted by Crippen LogP contribution is -2.53. The van der Waals surface area contributed by atoms with Gasteiger partial charge in [-0.3, -0.25) is 13.9 Å². The van der Waals surface area contributed by atoms with Crippen molar-refractivity contribution in [2.75, 3.05) is 18.0 Å². The van der Waals surface area contributed by atoms with Crippen molar-refractivity contribution in [3.8, 4) is 5.75 Å². The summed E-state index contributed by atoms with van der Waals surface area (Å²) < 4.78 is 34.4. The summed E-state index contributed by atoms with van der Waals surface area (Å²) in [5.41, 5.74) is 1.47. The zero-order valence-electron chi connectivity index (χ0n) is 24.9. The summed E-state index contributed by atoms with van der Waals surface area (Å²) in [5, 5.41) is 3.88. The largest absolute Gasteiger partial charge is 0.495 e. The normalized spacial score (nSPS) is 14.5. The van der Waals surface area contributed by atoms with Crippen LogP contribution in [0.5, 0.6) is 5.75 Å². The Morgan fingerprint density at radius 2 is 1.59 bits per heavy atom. The molecule has 1 fully saturated rings. The average Bonchev–Trinajstić information content (AvgIpc) is 3.00. The second-order valence-electron chi connectivity index (χ2n) is 10.9. The second-order valence-corrected chi connectivity index (χ2v) is 14.0. The van der Waals surface area contributed by atoms with Crippen LogP contribution in [0.2, 0.25) is 15.1 Å². The van der Waals surface area contributed by atoms with Crippen LogP contribution >= 0.6 is 34.8 Å². The van der Waals surface area contributed by atoms with Crippen molar-refractivity contribution in [3.63, 3.8) is 0 Å². The molecule has 0 radical (unpaired) electrons. The third-order valence-corrected chi connectivity index (χ3v) is 10.6. The van der Waals surface area contributed by atoms with Gasteiger partial charge in [-0.15, -0.1) is 0 Å². The number of benzene rings is 3. The van der Waals surface area contributed by atoms with E-state index in [1.54, 1.807) is 37.3 Å². The number of sulfonamides is 1. The predicted molar refractivity (Wildman–Crippen MR) is 175 cm³/mol. The van der Waals surface area contributed by atoms with Crippen LogP contribution in [0, 0.1) is 6.92 Å². The van der Waals surface area contributed by atoms with Gasteiger partial charge in [-0.05, 0) is 69.2 Å². The van der Waals surface area contributed by atoms with Crippen molar-refractivity contribution in [2.45, 2.75) is 69.5 Å². The first-order valence-corrected chi connectivity index (χ1v) is 17.0. The Morgan fingerprint density at radius 3 is 2.18 bits per heavy atom. The van der Waals surface area contributed by atoms with E-state index in [-0.39, 0.29) is 34.1 Å². The van der Waals surface area contributed by atoms with Crippen LogP contribution in [0.1, 0.15) is 50.2 Å². The van der Waals surface area contributed by atoms with Gasteiger partial charge in [0.2, 0.25) is 11.8 Å². The molecule has 3 aromatic carbocycles. The first-order valence-electron chi connectivity index (χ1n) is 14.4. The van der Waals surface area contributed by atoms with Crippen molar-refractivity contribution in [1.29, 1.82) is 0 Å². The predicted octanol–water partition coefficient (Wildman–Crippen LogP) is 7.03. The third kappa shape index (κ3) is 7.99. The molecule has 3 aromatic rings. The highest BCUT2D eigenvalue weighted by molar-refractivity contribution is 7.92. The van der Waals surface area contributed by atoms with Gasteiger partial charge in [0, 0.05) is 28.2 Å². The molecule has 1 saturated carbocycles. The minimum atomic E-state index is -4.26. The molecule has 1 atom stereocenters. The second kappa shape index (κ2) is 14.9. The number of ether oxygens (including phenoxy) is 1. The van der Waals surface area contributed by atoms with Gasteiger partial charge in [0.15, 0.2) is 0 Å². The third-order valence-electron chi connectivity index (χ3n) is 7.82. The number of rotatable bonds is 11. The molecule has 0 aromatic heterocycles. The Morgan fingerprint density at radius 1 is 0.955 bits per heavy atom. The maximum absolute atomic E-state index is 14.2. The number of hydrogen-bond acceptors (Lipinski definition) is 5. The van der Waals surface area contributed by atoms with E-state index in [0.717, 1.165) is 42.0 Å². The molecule has 0 saturated heterocycles. The van der Waals surface area contributed by atoms with Gasteiger partial charge < -0.3 is 15.0 Å². The molecule has 0 heterocycles. The number of anilines is 1. The highest BCUT2D eigenvalue weighted by Gasteiger charge is 2.34. The number of aryl methyl sites for hydroxylation is 1. The van der Waals surface area contributed by atoms with E-state index in [4.69, 9.17) is 39.5 Å². The highest BCUT2D eigenvalue weighted by Crippen LogP contribution is 2.33. The zero-order chi connectivity index (χ0) is 32.0. The van der Waals surface area contributed by atoms with Gasteiger partial charge in [-0.1, -0.05) is 77.8 Å². The lowest BCUT2D eigenvalue weighted by molar-refractivity contribution is -0.139. The number of carbonyl (C=O) groups is 2. The molecule has 1 N–H and O–H groups in total. The van der Waals surface area contributed by atoms with E-state index in [0.29, 0.717) is 21.4 Å². The van der Waals surface area contributed by atoms with Crippen molar-refractivity contribution in [3.05, 3.63) is 86.9 Å².